The SMILES string of the molecule is COc1ccc(CCN(C)CCCOc2ccc(S(=O)(=O)c3ncccn3)cc2)cc1OC.O=C(O)C(=O)O. The van der Waals surface area contributed by atoms with E-state index in [1.54, 1.807) is 32.4 Å². The zero-order valence-electron chi connectivity index (χ0n) is 21.8. The molecule has 0 bridgehead atoms. The van der Waals surface area contributed by atoms with Gasteiger partial charge in [-0.3, -0.25) is 0 Å². The first-order valence-electron chi connectivity index (χ1n) is 11.7. The van der Waals surface area contributed by atoms with Gasteiger partial charge in [-0.25, -0.2) is 28.0 Å². The van der Waals surface area contributed by atoms with E-state index in [1.165, 1.54) is 30.1 Å². The molecule has 1 aromatic heterocycles. The van der Waals surface area contributed by atoms with Gasteiger partial charge >= 0.3 is 11.9 Å². The standard InChI is InChI=1S/C24H29N3O5S.C2H2O4/c1-27(16-12-19-6-11-22(30-2)23(18-19)31-3)15-5-17-32-20-7-9-21(10-8-20)33(28,29)24-25-13-4-14-26-24;3-1(4)2(5)6/h4,6-11,13-14,18H,5,12,15-17H2,1-3H3;(H,3,4)(H,5,6). The van der Waals surface area contributed by atoms with E-state index in [0.29, 0.717) is 12.4 Å². The fourth-order valence-corrected chi connectivity index (χ4v) is 4.34. The molecule has 0 unspecified atom stereocenters. The van der Waals surface area contributed by atoms with E-state index in [4.69, 9.17) is 34.0 Å². The van der Waals surface area contributed by atoms with Crippen LogP contribution < -0.4 is 14.2 Å². The molecule has 0 saturated heterocycles. The highest BCUT2D eigenvalue weighted by atomic mass is 32.2. The summed E-state index contributed by atoms with van der Waals surface area (Å²) in [4.78, 5) is 28.2. The summed E-state index contributed by atoms with van der Waals surface area (Å²) in [5.41, 5.74) is 1.19. The predicted octanol–water partition coefficient (Wildman–Crippen LogP) is 2.43. The fourth-order valence-electron chi connectivity index (χ4n) is 3.24. The minimum Gasteiger partial charge on any atom is -0.494 e. The number of hydrogen-bond acceptors (Lipinski definition) is 10. The van der Waals surface area contributed by atoms with Gasteiger partial charge in [0.25, 0.3) is 5.16 Å². The number of sulfone groups is 1. The molecule has 3 rings (SSSR count). The summed E-state index contributed by atoms with van der Waals surface area (Å²) in [6.07, 6.45) is 4.56. The number of carboxylic acid groups (broad SMARTS) is 2. The number of methoxy groups -OCH3 is 2. The molecule has 0 aliphatic rings. The fraction of sp³-hybridized carbons (Fsp3) is 0.308. The molecule has 0 radical (unpaired) electrons. The molecule has 13 heteroatoms. The third-order valence-electron chi connectivity index (χ3n) is 5.28. The molecule has 12 nitrogen and oxygen atoms in total. The Hall–Kier alpha value is -4.23. The lowest BCUT2D eigenvalue weighted by Gasteiger charge is -2.17. The molecule has 2 N–H and O–H groups in total. The molecule has 0 saturated carbocycles. The zero-order valence-corrected chi connectivity index (χ0v) is 22.6. The third-order valence-corrected chi connectivity index (χ3v) is 6.87. The van der Waals surface area contributed by atoms with Gasteiger partial charge in [-0.2, -0.15) is 0 Å². The van der Waals surface area contributed by atoms with Crippen molar-refractivity contribution in [1.82, 2.24) is 14.9 Å². The average molecular weight is 562 g/mol. The maximum absolute atomic E-state index is 12.5. The van der Waals surface area contributed by atoms with E-state index in [-0.39, 0.29) is 10.1 Å². The molecule has 39 heavy (non-hydrogen) atoms. The quantitative estimate of drug-likeness (QED) is 0.189. The molecule has 0 aliphatic carbocycles. The maximum Gasteiger partial charge on any atom is 0.414 e. The summed E-state index contributed by atoms with van der Waals surface area (Å²) < 4.78 is 41.5. The van der Waals surface area contributed by atoms with Crippen molar-refractivity contribution in [2.45, 2.75) is 22.9 Å². The van der Waals surface area contributed by atoms with E-state index in [2.05, 4.69) is 21.9 Å². The third kappa shape index (κ3) is 9.87. The van der Waals surface area contributed by atoms with Crippen LogP contribution >= 0.6 is 0 Å². The molecule has 0 amide bonds. The van der Waals surface area contributed by atoms with Crippen LogP contribution in [-0.4, -0.2) is 86.4 Å². The van der Waals surface area contributed by atoms with Gasteiger partial charge in [-0.05, 0) is 67.9 Å². The van der Waals surface area contributed by atoms with Crippen LogP contribution in [0.25, 0.3) is 0 Å². The van der Waals surface area contributed by atoms with E-state index < -0.39 is 21.8 Å². The Morgan fingerprint density at radius 3 is 2.08 bits per heavy atom. The van der Waals surface area contributed by atoms with Gasteiger partial charge in [0.1, 0.15) is 5.75 Å². The van der Waals surface area contributed by atoms with Crippen LogP contribution in [0.2, 0.25) is 0 Å². The Bertz CT molecular complexity index is 1310. The summed E-state index contributed by atoms with van der Waals surface area (Å²) in [5.74, 6) is -1.56. The first-order valence-corrected chi connectivity index (χ1v) is 13.2. The Morgan fingerprint density at radius 2 is 1.51 bits per heavy atom. The lowest BCUT2D eigenvalue weighted by atomic mass is 10.1. The van der Waals surface area contributed by atoms with Gasteiger partial charge in [0.05, 0.1) is 25.7 Å². The number of benzene rings is 2. The summed E-state index contributed by atoms with van der Waals surface area (Å²) in [6, 6.07) is 13.9. The summed E-state index contributed by atoms with van der Waals surface area (Å²) in [7, 11) is 1.61. The molecule has 210 valence electrons. The second-order valence-corrected chi connectivity index (χ2v) is 9.90. The van der Waals surface area contributed by atoms with Crippen molar-refractivity contribution in [3.05, 3.63) is 66.5 Å². The average Bonchev–Trinajstić information content (AvgIpc) is 2.95. The van der Waals surface area contributed by atoms with Crippen LogP contribution in [0.1, 0.15) is 12.0 Å². The summed E-state index contributed by atoms with van der Waals surface area (Å²) >= 11 is 0. The van der Waals surface area contributed by atoms with Crippen molar-refractivity contribution in [3.8, 4) is 17.2 Å². The van der Waals surface area contributed by atoms with E-state index in [0.717, 1.165) is 37.4 Å². The van der Waals surface area contributed by atoms with Crippen LogP contribution in [0.5, 0.6) is 17.2 Å². The molecule has 1 heterocycles. The van der Waals surface area contributed by atoms with Crippen LogP contribution in [0.4, 0.5) is 0 Å². The highest BCUT2D eigenvalue weighted by Gasteiger charge is 2.20. The zero-order chi connectivity index (χ0) is 28.8. The second kappa shape index (κ2) is 15.2. The molecule has 0 fully saturated rings. The normalized spacial score (nSPS) is 10.8. The number of rotatable bonds is 12. The Labute approximate surface area is 226 Å². The number of ether oxygens (including phenoxy) is 3. The molecule has 0 spiro atoms. The van der Waals surface area contributed by atoms with Crippen LogP contribution in [0.15, 0.2) is 71.0 Å². The predicted molar refractivity (Wildman–Crippen MR) is 140 cm³/mol. The van der Waals surface area contributed by atoms with Crippen molar-refractivity contribution in [2.75, 3.05) is 41.0 Å². The van der Waals surface area contributed by atoms with E-state index >= 15 is 0 Å². The lowest BCUT2D eigenvalue weighted by molar-refractivity contribution is -0.159. The molecule has 3 aromatic rings. The number of nitrogens with zero attached hydrogens (tertiary/aromatic N) is 3. The molecule has 2 aromatic carbocycles. The summed E-state index contributed by atoms with van der Waals surface area (Å²) in [6.45, 7) is 2.32. The smallest absolute Gasteiger partial charge is 0.414 e. The number of aromatic nitrogens is 2. The van der Waals surface area contributed by atoms with E-state index in [1.807, 2.05) is 18.2 Å². The highest BCUT2D eigenvalue weighted by Crippen LogP contribution is 2.27. The van der Waals surface area contributed by atoms with Gasteiger partial charge in [0.15, 0.2) is 11.5 Å². The Kier molecular flexibility index (Phi) is 12.1. The highest BCUT2D eigenvalue weighted by molar-refractivity contribution is 7.91. The first kappa shape index (κ1) is 31.0. The van der Waals surface area contributed by atoms with Crippen molar-refractivity contribution in [1.29, 1.82) is 0 Å². The van der Waals surface area contributed by atoms with Gasteiger partial charge in [0, 0.05) is 25.5 Å². The van der Waals surface area contributed by atoms with Gasteiger partial charge in [0.2, 0.25) is 9.84 Å². The van der Waals surface area contributed by atoms with Crippen molar-refractivity contribution < 1.29 is 42.4 Å². The number of aliphatic carboxylic acids is 2. The Balaban J connectivity index is 0.000000798. The van der Waals surface area contributed by atoms with Crippen LogP contribution in [0, 0.1) is 0 Å². The maximum atomic E-state index is 12.5. The summed E-state index contributed by atoms with van der Waals surface area (Å²) in [5, 5.41) is 14.6. The van der Waals surface area contributed by atoms with Gasteiger partial charge in [-0.1, -0.05) is 6.07 Å². The molecule has 0 atom stereocenters. The van der Waals surface area contributed by atoms with Crippen molar-refractivity contribution in [3.63, 3.8) is 0 Å². The first-order chi connectivity index (χ1) is 18.6. The largest absolute Gasteiger partial charge is 0.494 e. The van der Waals surface area contributed by atoms with Gasteiger partial charge in [-0.15, -0.1) is 0 Å². The second-order valence-electron chi connectivity index (χ2n) is 8.06. The molecule has 0 aliphatic heterocycles. The number of carboxylic acids is 2. The van der Waals surface area contributed by atoms with Crippen molar-refractivity contribution in [2.24, 2.45) is 0 Å². The minimum absolute atomic E-state index is 0.135. The van der Waals surface area contributed by atoms with Crippen LogP contribution in [-0.2, 0) is 25.8 Å². The number of carbonyl (C=O) groups is 2. The van der Waals surface area contributed by atoms with Gasteiger partial charge < -0.3 is 29.3 Å². The number of likely N-dealkylation sites (N-methyl/N-ethyl adjacent to an activating group) is 1. The lowest BCUT2D eigenvalue weighted by Crippen LogP contribution is -2.23. The topological polar surface area (TPSA) is 165 Å². The Morgan fingerprint density at radius 1 is 0.897 bits per heavy atom. The monoisotopic (exact) mass is 561 g/mol. The van der Waals surface area contributed by atoms with E-state index in [9.17, 15) is 8.42 Å². The minimum atomic E-state index is -3.73. The van der Waals surface area contributed by atoms with Crippen molar-refractivity contribution >= 4 is 21.8 Å². The van der Waals surface area contributed by atoms with Crippen LogP contribution in [0.3, 0.4) is 0 Å². The molecular weight excluding hydrogens is 530 g/mol. The molecular formula is C26H31N3O9S. The number of hydrogen-bond donors (Lipinski definition) is 2.